The first-order valence-electron chi connectivity index (χ1n) is 9.46. The molecule has 1 aromatic carbocycles. The summed E-state index contributed by atoms with van der Waals surface area (Å²) in [6.07, 6.45) is 3.00. The third-order valence-corrected chi connectivity index (χ3v) is 5.75. The molecule has 10 heteroatoms. The van der Waals surface area contributed by atoms with Crippen LogP contribution in [0, 0.1) is 6.92 Å². The maximum atomic E-state index is 12.8. The quantitative estimate of drug-likeness (QED) is 0.285. The summed E-state index contributed by atoms with van der Waals surface area (Å²) in [5.74, 6) is 1.20. The van der Waals surface area contributed by atoms with Crippen molar-refractivity contribution in [3.63, 3.8) is 0 Å². The van der Waals surface area contributed by atoms with Gasteiger partial charge in [0.15, 0.2) is 16.7 Å². The first kappa shape index (κ1) is 21.8. The molecular weight excluding hydrogens is 452 g/mol. The molecule has 164 valence electrons. The Bertz CT molecular complexity index is 1320. The Morgan fingerprint density at radius 2 is 1.81 bits per heavy atom. The number of rotatable bonds is 7. The number of fused-ring (bicyclic) bond motifs is 1. The molecule has 0 radical (unpaired) electrons. The SMILES string of the molecule is COc1cc(-c2cccc(C(=O)/C=C/c3c(Cl)nc4sc(C)nn34)n2)cc(OC)c1OC. The van der Waals surface area contributed by atoms with Crippen molar-refractivity contribution >= 4 is 39.8 Å². The van der Waals surface area contributed by atoms with Crippen LogP contribution in [0.3, 0.4) is 0 Å². The Morgan fingerprint density at radius 1 is 1.09 bits per heavy atom. The number of halogens is 1. The third kappa shape index (κ3) is 4.04. The summed E-state index contributed by atoms with van der Waals surface area (Å²) < 4.78 is 17.8. The molecule has 3 heterocycles. The predicted molar refractivity (Wildman–Crippen MR) is 123 cm³/mol. The maximum absolute atomic E-state index is 12.8. The number of pyridine rings is 1. The lowest BCUT2D eigenvalue weighted by Crippen LogP contribution is -2.01. The van der Waals surface area contributed by atoms with E-state index in [1.54, 1.807) is 55.1 Å². The molecule has 0 fully saturated rings. The van der Waals surface area contributed by atoms with Crippen molar-refractivity contribution in [2.75, 3.05) is 21.3 Å². The number of carbonyl (C=O) groups excluding carboxylic acids is 1. The van der Waals surface area contributed by atoms with Gasteiger partial charge in [-0.15, -0.1) is 0 Å². The Kier molecular flexibility index (Phi) is 6.11. The Hall–Kier alpha value is -3.43. The number of nitrogens with zero attached hydrogens (tertiary/aromatic N) is 4. The van der Waals surface area contributed by atoms with E-state index < -0.39 is 0 Å². The molecule has 0 aliphatic heterocycles. The Morgan fingerprint density at radius 3 is 2.47 bits per heavy atom. The molecule has 4 aromatic rings. The molecule has 0 saturated heterocycles. The zero-order chi connectivity index (χ0) is 22.8. The highest BCUT2D eigenvalue weighted by Gasteiger charge is 2.16. The second-order valence-electron chi connectivity index (χ2n) is 6.62. The van der Waals surface area contributed by atoms with Crippen LogP contribution in [0.25, 0.3) is 22.3 Å². The predicted octanol–water partition coefficient (Wildman–Crippen LogP) is 4.74. The molecule has 0 bridgehead atoms. The topological polar surface area (TPSA) is 87.8 Å². The minimum Gasteiger partial charge on any atom is -0.493 e. The summed E-state index contributed by atoms with van der Waals surface area (Å²) in [5, 5.41) is 5.50. The fourth-order valence-electron chi connectivity index (χ4n) is 3.18. The molecule has 0 unspecified atom stereocenters. The van der Waals surface area contributed by atoms with E-state index >= 15 is 0 Å². The fraction of sp³-hybridized carbons (Fsp3) is 0.182. The summed E-state index contributed by atoms with van der Waals surface area (Å²) in [5.41, 5.74) is 2.12. The largest absolute Gasteiger partial charge is 0.493 e. The van der Waals surface area contributed by atoms with Gasteiger partial charge in [0.1, 0.15) is 16.4 Å². The molecule has 0 saturated carbocycles. The van der Waals surface area contributed by atoms with Gasteiger partial charge in [0.25, 0.3) is 0 Å². The number of carbonyl (C=O) groups is 1. The van der Waals surface area contributed by atoms with Crippen LogP contribution in [0.4, 0.5) is 0 Å². The van der Waals surface area contributed by atoms with Crippen LogP contribution < -0.4 is 14.2 Å². The number of hydrogen-bond acceptors (Lipinski definition) is 8. The van der Waals surface area contributed by atoms with E-state index in [-0.39, 0.29) is 16.6 Å². The molecule has 0 atom stereocenters. The van der Waals surface area contributed by atoms with Gasteiger partial charge >= 0.3 is 0 Å². The number of ketones is 1. The number of hydrogen-bond donors (Lipinski definition) is 0. The van der Waals surface area contributed by atoms with Gasteiger partial charge in [-0.25, -0.2) is 14.5 Å². The van der Waals surface area contributed by atoms with Gasteiger partial charge in [0.2, 0.25) is 16.5 Å². The van der Waals surface area contributed by atoms with Gasteiger partial charge in [-0.1, -0.05) is 29.0 Å². The van der Waals surface area contributed by atoms with E-state index in [0.717, 1.165) is 10.6 Å². The molecule has 0 aliphatic carbocycles. The number of imidazole rings is 1. The molecular formula is C22H19ClN4O4S. The number of benzene rings is 1. The van der Waals surface area contributed by atoms with Crippen molar-refractivity contribution in [2.24, 2.45) is 0 Å². The lowest BCUT2D eigenvalue weighted by atomic mass is 10.1. The monoisotopic (exact) mass is 470 g/mol. The minimum absolute atomic E-state index is 0.277. The molecule has 0 amide bonds. The van der Waals surface area contributed by atoms with E-state index in [4.69, 9.17) is 25.8 Å². The van der Waals surface area contributed by atoms with Gasteiger partial charge in [0.05, 0.1) is 27.0 Å². The van der Waals surface area contributed by atoms with Crippen LogP contribution in [0.15, 0.2) is 36.4 Å². The van der Waals surface area contributed by atoms with Crippen molar-refractivity contribution < 1.29 is 19.0 Å². The third-order valence-electron chi connectivity index (χ3n) is 4.65. The van der Waals surface area contributed by atoms with Gasteiger partial charge < -0.3 is 14.2 Å². The normalized spacial score (nSPS) is 11.3. The van der Waals surface area contributed by atoms with Crippen LogP contribution in [-0.2, 0) is 0 Å². The average molecular weight is 471 g/mol. The van der Waals surface area contributed by atoms with Crippen LogP contribution in [0.1, 0.15) is 21.2 Å². The number of ether oxygens (including phenoxy) is 3. The maximum Gasteiger partial charge on any atom is 0.214 e. The van der Waals surface area contributed by atoms with Gasteiger partial charge in [-0.3, -0.25) is 4.79 Å². The molecule has 3 aromatic heterocycles. The summed E-state index contributed by atoms with van der Waals surface area (Å²) in [4.78, 5) is 22.3. The molecule has 0 N–H and O–H groups in total. The average Bonchev–Trinajstić information content (AvgIpc) is 3.30. The van der Waals surface area contributed by atoms with E-state index in [1.807, 2.05) is 6.92 Å². The molecule has 32 heavy (non-hydrogen) atoms. The van der Waals surface area contributed by atoms with Crippen molar-refractivity contribution in [3.8, 4) is 28.5 Å². The van der Waals surface area contributed by atoms with Crippen molar-refractivity contribution in [3.05, 3.63) is 58.0 Å². The smallest absolute Gasteiger partial charge is 0.214 e. The van der Waals surface area contributed by atoms with Crippen LogP contribution >= 0.6 is 22.9 Å². The van der Waals surface area contributed by atoms with E-state index in [0.29, 0.717) is 33.6 Å². The van der Waals surface area contributed by atoms with Crippen molar-refractivity contribution in [1.29, 1.82) is 0 Å². The first-order chi connectivity index (χ1) is 15.4. The Balaban J connectivity index is 1.66. The van der Waals surface area contributed by atoms with E-state index in [2.05, 4.69) is 15.1 Å². The van der Waals surface area contributed by atoms with Crippen LogP contribution in [0.2, 0.25) is 5.15 Å². The lowest BCUT2D eigenvalue weighted by Gasteiger charge is -2.14. The Labute approximate surface area is 193 Å². The summed E-state index contributed by atoms with van der Waals surface area (Å²) in [6.45, 7) is 1.88. The lowest BCUT2D eigenvalue weighted by molar-refractivity contribution is 0.104. The number of aryl methyl sites for hydroxylation is 1. The van der Waals surface area contributed by atoms with Crippen molar-refractivity contribution in [2.45, 2.75) is 6.92 Å². The number of methoxy groups -OCH3 is 3. The van der Waals surface area contributed by atoms with Crippen molar-refractivity contribution in [1.82, 2.24) is 19.6 Å². The standard InChI is InChI=1S/C22H19ClN4O4S/c1-12-26-27-16(21(23)25-22(27)32-12)8-9-17(28)15-7-5-6-14(24-15)13-10-18(29-2)20(31-4)19(11-13)30-3/h5-11H,1-4H3/b9-8+. The highest BCUT2D eigenvalue weighted by Crippen LogP contribution is 2.40. The molecule has 0 aliphatic rings. The summed E-state index contributed by atoms with van der Waals surface area (Å²) in [7, 11) is 4.63. The molecule has 4 rings (SSSR count). The van der Waals surface area contributed by atoms with E-state index in [1.165, 1.54) is 24.5 Å². The summed E-state index contributed by atoms with van der Waals surface area (Å²) >= 11 is 7.62. The second-order valence-corrected chi connectivity index (χ2v) is 8.14. The zero-order valence-corrected chi connectivity index (χ0v) is 19.3. The number of aromatic nitrogens is 4. The van der Waals surface area contributed by atoms with Gasteiger partial charge in [-0.05, 0) is 43.3 Å². The highest BCUT2D eigenvalue weighted by molar-refractivity contribution is 7.16. The number of allylic oxidation sites excluding steroid dienone is 1. The van der Waals surface area contributed by atoms with Crippen LogP contribution in [-0.4, -0.2) is 46.7 Å². The van der Waals surface area contributed by atoms with Crippen LogP contribution in [0.5, 0.6) is 17.2 Å². The fourth-order valence-corrected chi connectivity index (χ4v) is 4.20. The van der Waals surface area contributed by atoms with E-state index in [9.17, 15) is 4.79 Å². The molecule has 0 spiro atoms. The first-order valence-corrected chi connectivity index (χ1v) is 10.7. The zero-order valence-electron chi connectivity index (χ0n) is 17.7. The molecule has 8 nitrogen and oxygen atoms in total. The summed E-state index contributed by atoms with van der Waals surface area (Å²) in [6, 6.07) is 8.77. The van der Waals surface area contributed by atoms with Gasteiger partial charge in [-0.2, -0.15) is 5.10 Å². The van der Waals surface area contributed by atoms with Gasteiger partial charge in [0, 0.05) is 5.56 Å². The second kappa shape index (κ2) is 8.97. The highest BCUT2D eigenvalue weighted by atomic mass is 35.5. The minimum atomic E-state index is -0.280.